The molecule has 30 heavy (non-hydrogen) atoms. The first-order valence-corrected chi connectivity index (χ1v) is 9.99. The van der Waals surface area contributed by atoms with E-state index in [1.165, 1.54) is 0 Å². The summed E-state index contributed by atoms with van der Waals surface area (Å²) >= 11 is 0. The van der Waals surface area contributed by atoms with Crippen molar-refractivity contribution in [3.05, 3.63) is 121 Å². The van der Waals surface area contributed by atoms with Gasteiger partial charge < -0.3 is 5.32 Å². The van der Waals surface area contributed by atoms with E-state index in [0.29, 0.717) is 5.69 Å². The average molecular weight is 389 g/mol. The molecule has 0 unspecified atom stereocenters. The molecule has 0 amide bonds. The third-order valence-electron chi connectivity index (χ3n) is 5.33. The third-order valence-corrected chi connectivity index (χ3v) is 5.33. The molecule has 2 heteroatoms. The zero-order chi connectivity index (χ0) is 20.3. The molecule has 0 aromatic heterocycles. The molecule has 144 valence electrons. The fraction of sp³-hybridized carbons (Fsp3) is 0. The van der Waals surface area contributed by atoms with Gasteiger partial charge in [-0.15, -0.1) is 0 Å². The SMILES string of the molecule is Fc1cc(-c2ccccc2)cc(-c2ccccc2)c1Nc1cccc2ccccc12. The van der Waals surface area contributed by atoms with Crippen molar-refractivity contribution in [3.63, 3.8) is 0 Å². The average Bonchev–Trinajstić information content (AvgIpc) is 2.81. The van der Waals surface area contributed by atoms with Crippen LogP contribution in [0.3, 0.4) is 0 Å². The number of hydrogen-bond acceptors (Lipinski definition) is 1. The summed E-state index contributed by atoms with van der Waals surface area (Å²) in [5.41, 5.74) is 5.02. The van der Waals surface area contributed by atoms with Crippen molar-refractivity contribution in [1.29, 1.82) is 0 Å². The molecule has 1 N–H and O–H groups in total. The lowest BCUT2D eigenvalue weighted by Crippen LogP contribution is -1.99. The van der Waals surface area contributed by atoms with Gasteiger partial charge in [0.2, 0.25) is 0 Å². The number of nitrogens with one attached hydrogen (secondary N) is 1. The van der Waals surface area contributed by atoms with Crippen molar-refractivity contribution in [1.82, 2.24) is 0 Å². The van der Waals surface area contributed by atoms with Crippen LogP contribution in [0.1, 0.15) is 0 Å². The number of rotatable bonds is 4. The first-order valence-electron chi connectivity index (χ1n) is 9.99. The summed E-state index contributed by atoms with van der Waals surface area (Å²) in [5.74, 6) is -0.275. The second kappa shape index (κ2) is 7.84. The minimum atomic E-state index is -0.275. The normalized spacial score (nSPS) is 10.8. The molecule has 0 spiro atoms. The Labute approximate surface area is 175 Å². The highest BCUT2D eigenvalue weighted by molar-refractivity contribution is 5.97. The smallest absolute Gasteiger partial charge is 0.147 e. The van der Waals surface area contributed by atoms with Crippen molar-refractivity contribution in [3.8, 4) is 22.3 Å². The Morgan fingerprint density at radius 1 is 0.533 bits per heavy atom. The molecule has 0 saturated heterocycles. The molecule has 0 fully saturated rings. The largest absolute Gasteiger partial charge is 0.352 e. The molecule has 0 radical (unpaired) electrons. The van der Waals surface area contributed by atoms with Gasteiger partial charge >= 0.3 is 0 Å². The first-order chi connectivity index (χ1) is 14.8. The molecule has 0 atom stereocenters. The van der Waals surface area contributed by atoms with Crippen LogP contribution in [-0.4, -0.2) is 0 Å². The fourth-order valence-corrected chi connectivity index (χ4v) is 3.85. The Kier molecular flexibility index (Phi) is 4.74. The van der Waals surface area contributed by atoms with E-state index < -0.39 is 0 Å². The van der Waals surface area contributed by atoms with Gasteiger partial charge in [0.05, 0.1) is 5.69 Å². The second-order valence-corrected chi connectivity index (χ2v) is 7.26. The lowest BCUT2D eigenvalue weighted by atomic mass is 9.96. The van der Waals surface area contributed by atoms with Crippen molar-refractivity contribution in [2.24, 2.45) is 0 Å². The van der Waals surface area contributed by atoms with Crippen molar-refractivity contribution in [2.45, 2.75) is 0 Å². The third kappa shape index (κ3) is 3.44. The molecule has 5 rings (SSSR count). The molecule has 5 aromatic carbocycles. The van der Waals surface area contributed by atoms with E-state index in [1.54, 1.807) is 6.07 Å². The molecule has 0 aliphatic heterocycles. The minimum Gasteiger partial charge on any atom is -0.352 e. The number of fused-ring (bicyclic) bond motifs is 1. The highest BCUT2D eigenvalue weighted by Gasteiger charge is 2.15. The van der Waals surface area contributed by atoms with Gasteiger partial charge in [-0.25, -0.2) is 4.39 Å². The maximum absolute atomic E-state index is 15.5. The lowest BCUT2D eigenvalue weighted by Gasteiger charge is -2.17. The molecular formula is C28H20FN. The summed E-state index contributed by atoms with van der Waals surface area (Å²) in [7, 11) is 0. The van der Waals surface area contributed by atoms with Crippen LogP contribution in [-0.2, 0) is 0 Å². The van der Waals surface area contributed by atoms with Gasteiger partial charge in [0.1, 0.15) is 5.82 Å². The van der Waals surface area contributed by atoms with Crippen LogP contribution in [0.15, 0.2) is 115 Å². The molecule has 0 aliphatic carbocycles. The van der Waals surface area contributed by atoms with Crippen molar-refractivity contribution >= 4 is 22.1 Å². The Hall–Kier alpha value is -3.91. The molecule has 0 saturated carbocycles. The predicted octanol–water partition coefficient (Wildman–Crippen LogP) is 8.06. The van der Waals surface area contributed by atoms with Gasteiger partial charge in [-0.1, -0.05) is 97.1 Å². The van der Waals surface area contributed by atoms with E-state index in [4.69, 9.17) is 0 Å². The van der Waals surface area contributed by atoms with E-state index in [9.17, 15) is 0 Å². The van der Waals surface area contributed by atoms with Crippen LogP contribution < -0.4 is 5.32 Å². The summed E-state index contributed by atoms with van der Waals surface area (Å²) in [4.78, 5) is 0. The molecular weight excluding hydrogens is 369 g/mol. The lowest BCUT2D eigenvalue weighted by molar-refractivity contribution is 0.633. The standard InChI is InChI=1S/C28H20FN/c29-26-19-23(20-10-3-1-4-11-20)18-25(22-12-5-2-6-13-22)28(26)30-27-17-9-15-21-14-7-8-16-24(21)27/h1-19,30H. The van der Waals surface area contributed by atoms with E-state index in [2.05, 4.69) is 29.6 Å². The Morgan fingerprint density at radius 2 is 1.17 bits per heavy atom. The summed E-state index contributed by atoms with van der Waals surface area (Å²) < 4.78 is 15.5. The van der Waals surface area contributed by atoms with Gasteiger partial charge in [0, 0.05) is 16.6 Å². The van der Waals surface area contributed by atoms with Crippen LogP contribution in [0.5, 0.6) is 0 Å². The van der Waals surface area contributed by atoms with Crippen molar-refractivity contribution < 1.29 is 4.39 Å². The molecule has 0 aliphatic rings. The number of halogens is 1. The maximum Gasteiger partial charge on any atom is 0.147 e. The zero-order valence-electron chi connectivity index (χ0n) is 16.3. The molecule has 1 nitrogen and oxygen atoms in total. The summed E-state index contributed by atoms with van der Waals surface area (Å²) in [5, 5.41) is 5.56. The maximum atomic E-state index is 15.5. The Morgan fingerprint density at radius 3 is 1.93 bits per heavy atom. The highest BCUT2D eigenvalue weighted by atomic mass is 19.1. The number of benzene rings is 5. The van der Waals surface area contributed by atoms with E-state index in [0.717, 1.165) is 38.7 Å². The van der Waals surface area contributed by atoms with Gasteiger partial charge in [-0.2, -0.15) is 0 Å². The van der Waals surface area contributed by atoms with E-state index in [1.807, 2.05) is 84.9 Å². The topological polar surface area (TPSA) is 12.0 Å². The first kappa shape index (κ1) is 18.1. The van der Waals surface area contributed by atoms with Crippen LogP contribution in [0.25, 0.3) is 33.0 Å². The van der Waals surface area contributed by atoms with Crippen LogP contribution in [0.2, 0.25) is 0 Å². The van der Waals surface area contributed by atoms with Crippen LogP contribution in [0, 0.1) is 5.82 Å². The van der Waals surface area contributed by atoms with Crippen LogP contribution >= 0.6 is 0 Å². The van der Waals surface area contributed by atoms with Gasteiger partial charge in [-0.3, -0.25) is 0 Å². The van der Waals surface area contributed by atoms with Gasteiger partial charge in [0.25, 0.3) is 0 Å². The van der Waals surface area contributed by atoms with Crippen LogP contribution in [0.4, 0.5) is 15.8 Å². The second-order valence-electron chi connectivity index (χ2n) is 7.26. The van der Waals surface area contributed by atoms with E-state index in [-0.39, 0.29) is 5.82 Å². The molecule has 0 heterocycles. The Bertz CT molecular complexity index is 1310. The monoisotopic (exact) mass is 389 g/mol. The van der Waals surface area contributed by atoms with Gasteiger partial charge in [0.15, 0.2) is 0 Å². The molecule has 5 aromatic rings. The van der Waals surface area contributed by atoms with Crippen molar-refractivity contribution in [2.75, 3.05) is 5.32 Å². The number of hydrogen-bond donors (Lipinski definition) is 1. The summed E-state index contributed by atoms with van der Waals surface area (Å²) in [6.07, 6.45) is 0. The number of anilines is 2. The molecule has 0 bridgehead atoms. The quantitative estimate of drug-likeness (QED) is 0.328. The summed E-state index contributed by atoms with van der Waals surface area (Å²) in [6.45, 7) is 0. The minimum absolute atomic E-state index is 0.275. The highest BCUT2D eigenvalue weighted by Crippen LogP contribution is 2.38. The fourth-order valence-electron chi connectivity index (χ4n) is 3.85. The zero-order valence-corrected chi connectivity index (χ0v) is 16.3. The predicted molar refractivity (Wildman–Crippen MR) is 125 cm³/mol. The Balaban J connectivity index is 1.69. The van der Waals surface area contributed by atoms with E-state index >= 15 is 4.39 Å². The summed E-state index contributed by atoms with van der Waals surface area (Å²) in [6, 6.07) is 37.7. The van der Waals surface area contributed by atoms with Gasteiger partial charge in [-0.05, 0) is 40.3 Å².